The van der Waals surface area contributed by atoms with E-state index in [9.17, 15) is 58.1 Å². The van der Waals surface area contributed by atoms with E-state index in [0.29, 0.717) is 57.8 Å². The quantitative estimate of drug-likeness (QED) is 0.0108. The molecule has 1 unspecified atom stereocenters. The Kier molecular flexibility index (Phi) is 57.3. The monoisotopic (exact) mass is 1330 g/mol. The standard InChI is InChI=1S/C70H131N2O19P/c1-8-14-20-23-26-29-32-35-41-44-57(87-65(76)47-38-17-11-4)50-63(74)71-60(69(80)81)54-86-70(90-62(53-73)56(7)91-92(82,83)84)61(72-64(75)51-58(88-66(77)48-39-18-12-5)45-42-36-33-30-27-24-21-15-9-2)55-85-68(79)52-59(89-67(78)49-40-19-13-6)46-43-37-34-31-28-25-22-16-10-3/h56-62,70,73H,8-55H2,1-7H3,(H,71,74)(H,72,75)(H,80,81)(H2,82,83,84)/t56-,57+,58+,59+,60-,61-,62?,70+/m0/s1. The maximum atomic E-state index is 14.5. The summed E-state index contributed by atoms with van der Waals surface area (Å²) in [4.78, 5) is 114. The molecule has 0 rings (SSSR count). The molecule has 92 heavy (non-hydrogen) atoms. The Hall–Kier alpha value is -3.72. The molecule has 0 aromatic carbocycles. The Balaban J connectivity index is 7.30. The molecule has 0 saturated heterocycles. The summed E-state index contributed by atoms with van der Waals surface area (Å²) in [5.41, 5.74) is 0. The van der Waals surface area contributed by atoms with Crippen LogP contribution in [0.4, 0.5) is 0 Å². The number of rotatable bonds is 66. The van der Waals surface area contributed by atoms with Gasteiger partial charge in [0.1, 0.15) is 37.1 Å². The minimum Gasteiger partial charge on any atom is -0.480 e. The molecule has 22 heteroatoms. The number of aliphatic hydroxyl groups is 1. The molecule has 6 N–H and O–H groups in total. The van der Waals surface area contributed by atoms with Crippen LogP contribution in [0.15, 0.2) is 0 Å². The third-order valence-electron chi connectivity index (χ3n) is 16.4. The number of carbonyl (C=O) groups excluding carboxylic acids is 6. The molecule has 0 aromatic heterocycles. The molecule has 0 bridgehead atoms. The number of esters is 4. The van der Waals surface area contributed by atoms with Crippen LogP contribution in [0, 0.1) is 0 Å². The van der Waals surface area contributed by atoms with Gasteiger partial charge in [0, 0.05) is 19.3 Å². The van der Waals surface area contributed by atoms with Crippen LogP contribution in [-0.4, -0.2) is 130 Å². The largest absolute Gasteiger partial charge is 0.480 e. The first-order valence-corrected chi connectivity index (χ1v) is 38.0. The molecule has 8 atom stereocenters. The van der Waals surface area contributed by atoms with Gasteiger partial charge in [-0.05, 0) is 64.7 Å². The van der Waals surface area contributed by atoms with Crippen molar-refractivity contribution in [2.45, 2.75) is 386 Å². The maximum Gasteiger partial charge on any atom is 0.469 e. The second-order valence-electron chi connectivity index (χ2n) is 25.3. The van der Waals surface area contributed by atoms with Gasteiger partial charge < -0.3 is 59.1 Å². The van der Waals surface area contributed by atoms with Gasteiger partial charge in [0.05, 0.1) is 38.6 Å². The van der Waals surface area contributed by atoms with Crippen molar-refractivity contribution >= 4 is 49.5 Å². The lowest BCUT2D eigenvalue weighted by Crippen LogP contribution is -2.54. The molecular weight excluding hydrogens is 1200 g/mol. The van der Waals surface area contributed by atoms with Gasteiger partial charge in [0.15, 0.2) is 12.3 Å². The maximum absolute atomic E-state index is 14.5. The Labute approximate surface area is 555 Å². The number of aliphatic carboxylic acids is 1. The van der Waals surface area contributed by atoms with E-state index in [-0.39, 0.29) is 38.5 Å². The molecular formula is C70H131N2O19P. The zero-order chi connectivity index (χ0) is 68.5. The first-order valence-electron chi connectivity index (χ1n) is 36.4. The first-order chi connectivity index (χ1) is 44.2. The fraction of sp³-hybridized carbons (Fsp3) is 0.900. The summed E-state index contributed by atoms with van der Waals surface area (Å²) in [6.45, 7) is 11.2. The highest BCUT2D eigenvalue weighted by atomic mass is 31.2. The lowest BCUT2D eigenvalue weighted by Gasteiger charge is -2.33. The number of carbonyl (C=O) groups is 7. The van der Waals surface area contributed by atoms with Crippen molar-refractivity contribution in [2.24, 2.45) is 0 Å². The van der Waals surface area contributed by atoms with Gasteiger partial charge in [0.2, 0.25) is 11.8 Å². The summed E-state index contributed by atoms with van der Waals surface area (Å²) >= 11 is 0. The molecule has 0 aliphatic rings. The number of ether oxygens (including phenoxy) is 6. The molecule has 0 saturated carbocycles. The van der Waals surface area contributed by atoms with E-state index < -0.39 is 118 Å². The van der Waals surface area contributed by atoms with Crippen molar-refractivity contribution < 1.29 is 91.1 Å². The van der Waals surface area contributed by atoms with Crippen molar-refractivity contribution in [3.8, 4) is 0 Å². The van der Waals surface area contributed by atoms with Gasteiger partial charge in [-0.1, -0.05) is 234 Å². The van der Waals surface area contributed by atoms with Gasteiger partial charge in [-0.15, -0.1) is 0 Å². The number of nitrogens with one attached hydrogen (secondary N) is 2. The van der Waals surface area contributed by atoms with Crippen LogP contribution in [0.25, 0.3) is 0 Å². The van der Waals surface area contributed by atoms with E-state index in [1.165, 1.54) is 58.3 Å². The van der Waals surface area contributed by atoms with E-state index >= 15 is 0 Å². The lowest BCUT2D eigenvalue weighted by atomic mass is 10.0. The summed E-state index contributed by atoms with van der Waals surface area (Å²) in [5.74, 6) is -5.31. The molecule has 0 heterocycles. The summed E-state index contributed by atoms with van der Waals surface area (Å²) in [5, 5.41) is 26.5. The minimum atomic E-state index is -5.23. The number of hydrogen-bond donors (Lipinski definition) is 6. The van der Waals surface area contributed by atoms with Crippen LogP contribution < -0.4 is 10.6 Å². The summed E-state index contributed by atoms with van der Waals surface area (Å²) in [6.07, 6.45) is 27.6. The van der Waals surface area contributed by atoms with Crippen LogP contribution in [0.2, 0.25) is 0 Å². The lowest BCUT2D eigenvalue weighted by molar-refractivity contribution is -0.218. The average Bonchev–Trinajstić information content (AvgIpc) is 1.51. The molecule has 0 radical (unpaired) electrons. The number of hydrogen-bond acceptors (Lipinski definition) is 16. The fourth-order valence-electron chi connectivity index (χ4n) is 10.9. The molecule has 2 amide bonds. The van der Waals surface area contributed by atoms with Crippen LogP contribution in [-0.2, 0) is 71.1 Å². The highest BCUT2D eigenvalue weighted by Crippen LogP contribution is 2.38. The molecule has 540 valence electrons. The summed E-state index contributed by atoms with van der Waals surface area (Å²) in [7, 11) is -5.23. The Bertz CT molecular complexity index is 1930. The summed E-state index contributed by atoms with van der Waals surface area (Å²) in [6, 6.07) is -3.42. The topological polar surface area (TPSA) is 306 Å². The van der Waals surface area contributed by atoms with Crippen LogP contribution >= 0.6 is 7.82 Å². The number of aliphatic hydroxyl groups excluding tert-OH is 1. The molecule has 0 spiro atoms. The normalized spacial score (nSPS) is 14.3. The zero-order valence-corrected chi connectivity index (χ0v) is 59.3. The van der Waals surface area contributed by atoms with Crippen LogP contribution in [0.3, 0.4) is 0 Å². The van der Waals surface area contributed by atoms with Gasteiger partial charge in [-0.25, -0.2) is 9.36 Å². The molecule has 0 aliphatic heterocycles. The van der Waals surface area contributed by atoms with Crippen LogP contribution in [0.1, 0.15) is 337 Å². The van der Waals surface area contributed by atoms with E-state index in [4.69, 9.17) is 32.9 Å². The highest BCUT2D eigenvalue weighted by Gasteiger charge is 2.36. The number of carboxylic acid groups (broad SMARTS) is 1. The molecule has 0 aliphatic carbocycles. The van der Waals surface area contributed by atoms with E-state index in [1.54, 1.807) is 0 Å². The average molecular weight is 1340 g/mol. The van der Waals surface area contributed by atoms with Gasteiger partial charge in [-0.3, -0.25) is 33.3 Å². The number of amides is 2. The smallest absolute Gasteiger partial charge is 0.469 e. The Morgan fingerprint density at radius 1 is 0.424 bits per heavy atom. The van der Waals surface area contributed by atoms with Crippen molar-refractivity contribution in [1.82, 2.24) is 10.6 Å². The van der Waals surface area contributed by atoms with Crippen molar-refractivity contribution in [3.05, 3.63) is 0 Å². The number of carboxylic acids is 1. The third-order valence-corrected chi connectivity index (χ3v) is 17.0. The second-order valence-corrected chi connectivity index (χ2v) is 26.5. The molecule has 0 fully saturated rings. The Morgan fingerprint density at radius 2 is 0.750 bits per heavy atom. The van der Waals surface area contributed by atoms with Crippen LogP contribution in [0.5, 0.6) is 0 Å². The second kappa shape index (κ2) is 59.7. The van der Waals surface area contributed by atoms with E-state index in [1.807, 2.05) is 20.8 Å². The predicted octanol–water partition coefficient (Wildman–Crippen LogP) is 15.2. The van der Waals surface area contributed by atoms with Crippen molar-refractivity contribution in [1.29, 1.82) is 0 Å². The molecule has 0 aromatic rings. The first kappa shape index (κ1) is 88.3. The predicted molar refractivity (Wildman–Crippen MR) is 358 cm³/mol. The van der Waals surface area contributed by atoms with Crippen molar-refractivity contribution in [2.75, 3.05) is 19.8 Å². The van der Waals surface area contributed by atoms with E-state index in [2.05, 4.69) is 31.4 Å². The van der Waals surface area contributed by atoms with Gasteiger partial charge in [0.25, 0.3) is 0 Å². The van der Waals surface area contributed by atoms with Crippen molar-refractivity contribution in [3.63, 3.8) is 0 Å². The number of phosphoric ester groups is 1. The van der Waals surface area contributed by atoms with Gasteiger partial charge in [-0.2, -0.15) is 0 Å². The minimum absolute atomic E-state index is 0.142. The summed E-state index contributed by atoms with van der Waals surface area (Å²) < 4.78 is 52.8. The third kappa shape index (κ3) is 52.5. The molecule has 21 nitrogen and oxygen atoms in total. The number of unbranched alkanes of at least 4 members (excludes halogenated alkanes) is 30. The van der Waals surface area contributed by atoms with Gasteiger partial charge >= 0.3 is 37.7 Å². The SMILES string of the molecule is CCCCCCCCCCC[C@H](CC(=O)N[C@@H](CO[C@H](OC(CO)[C@H](C)OP(=O)(O)O)[C@H](COC(=O)C[C@@H](CCCCCCCCCCC)OC(=O)CCCCC)NC(=O)C[C@@H](CCCCCCCCCCC)OC(=O)CCCCC)C(=O)O)OC(=O)CCCCC. The fourth-order valence-corrected chi connectivity index (χ4v) is 11.4. The number of phosphoric acid groups is 1. The zero-order valence-electron chi connectivity index (χ0n) is 58.4. The highest BCUT2D eigenvalue weighted by molar-refractivity contribution is 7.46. The Morgan fingerprint density at radius 3 is 1.09 bits per heavy atom. The van der Waals surface area contributed by atoms with E-state index in [0.717, 1.165) is 141 Å².